The Hall–Kier alpha value is 0.720. The van der Waals surface area contributed by atoms with E-state index in [9.17, 15) is 14.4 Å². The van der Waals surface area contributed by atoms with Crippen molar-refractivity contribution in [3.05, 3.63) is 0 Å². The highest BCUT2D eigenvalue weighted by Gasteiger charge is 2.14. The Bertz CT molecular complexity index is 322. The van der Waals surface area contributed by atoms with E-state index in [2.05, 4.69) is 0 Å². The zero-order chi connectivity index (χ0) is 16.7. The van der Waals surface area contributed by atoms with Crippen molar-refractivity contribution >= 4 is 25.9 Å². The van der Waals surface area contributed by atoms with Gasteiger partial charge in [-0.05, 0) is 39.8 Å². The van der Waals surface area contributed by atoms with Crippen LogP contribution in [-0.4, -0.2) is 23.5 Å². The lowest BCUT2D eigenvalue weighted by molar-refractivity contribution is -0.203. The summed E-state index contributed by atoms with van der Waals surface area (Å²) in [5.41, 5.74) is -0.472. The summed E-state index contributed by atoms with van der Waals surface area (Å²) >= 11 is 4.78. The van der Waals surface area contributed by atoms with Crippen LogP contribution in [0.25, 0.3) is 0 Å². The lowest BCUT2D eigenvalue weighted by Crippen LogP contribution is -2.16. The Morgan fingerprint density at radius 2 is 1.15 bits per heavy atom. The molecule has 0 bridgehead atoms. The molecule has 2 atom stereocenters. The highest BCUT2D eigenvalue weighted by atomic mass is 32.5. The molecule has 0 heterocycles. The molecule has 0 aromatic rings. The fourth-order valence-electron chi connectivity index (χ4n) is 0.831. The third kappa shape index (κ3) is 11.4. The number of rotatable bonds is 6. The Morgan fingerprint density at radius 3 is 1.25 bits per heavy atom. The fraction of sp³-hybridized carbons (Fsp3) is 1.00. The summed E-state index contributed by atoms with van der Waals surface area (Å²) in [6.45, 7) is 11.2. The van der Waals surface area contributed by atoms with Crippen LogP contribution in [-0.2, 0) is 25.4 Å². The standard InChI is InChI=1S/C6H15O3P.C6H15O2PS/c1-5(2)9-10(7,8)6(3)4;1-5(2)8-9(7,10)6(3)4/h5-6H,1-4H3,(H,7,8);5-6H,1-4H3,(H,7,10)/p-2. The van der Waals surface area contributed by atoms with E-state index in [-0.39, 0.29) is 17.9 Å². The molecule has 124 valence electrons. The molecule has 0 aliphatic carbocycles. The van der Waals surface area contributed by atoms with E-state index in [1.165, 1.54) is 0 Å². The van der Waals surface area contributed by atoms with Crippen LogP contribution in [0.5, 0.6) is 0 Å². The topological polar surface area (TPSA) is 81.7 Å². The molecule has 0 rings (SSSR count). The molecule has 0 aromatic carbocycles. The number of hydrogen-bond acceptors (Lipinski definition) is 6. The van der Waals surface area contributed by atoms with Crippen LogP contribution in [0.1, 0.15) is 55.4 Å². The minimum atomic E-state index is -3.57. The summed E-state index contributed by atoms with van der Waals surface area (Å²) in [5.74, 6) is 0. The third-order valence-corrected chi connectivity index (χ3v) is 7.46. The molecule has 8 heteroatoms. The van der Waals surface area contributed by atoms with E-state index in [1.54, 1.807) is 27.7 Å². The van der Waals surface area contributed by atoms with Crippen molar-refractivity contribution < 1.29 is 23.4 Å². The van der Waals surface area contributed by atoms with Crippen molar-refractivity contribution in [2.24, 2.45) is 0 Å². The largest absolute Gasteiger partial charge is 0.800 e. The van der Waals surface area contributed by atoms with Gasteiger partial charge in [-0.25, -0.2) is 0 Å². The second-order valence-electron chi connectivity index (χ2n) is 5.58. The SMILES string of the molecule is CC(C)OP(=O)([O-])C(C)C.CC(C)OP([O-])(=S)C(C)C. The lowest BCUT2D eigenvalue weighted by atomic mass is 10.5. The fourth-order valence-corrected chi connectivity index (χ4v) is 3.01. The van der Waals surface area contributed by atoms with E-state index in [1.807, 2.05) is 27.7 Å². The van der Waals surface area contributed by atoms with E-state index in [4.69, 9.17) is 20.9 Å². The molecule has 0 spiro atoms. The Labute approximate surface area is 128 Å². The van der Waals surface area contributed by atoms with E-state index < -0.39 is 19.7 Å². The van der Waals surface area contributed by atoms with Gasteiger partial charge in [0.15, 0.2) is 0 Å². The molecule has 2 unspecified atom stereocenters. The van der Waals surface area contributed by atoms with E-state index >= 15 is 0 Å². The summed E-state index contributed by atoms with van der Waals surface area (Å²) < 4.78 is 20.7. The summed E-state index contributed by atoms with van der Waals surface area (Å²) in [7, 11) is -3.57. The molecule has 0 saturated carbocycles. The average molecular weight is 346 g/mol. The van der Waals surface area contributed by atoms with Gasteiger partial charge in [-0.2, -0.15) is 0 Å². The van der Waals surface area contributed by atoms with Crippen LogP contribution < -0.4 is 9.79 Å². The average Bonchev–Trinajstić information content (AvgIpc) is 2.13. The molecule has 0 fully saturated rings. The van der Waals surface area contributed by atoms with Gasteiger partial charge in [0.05, 0.1) is 12.2 Å². The first-order chi connectivity index (χ1) is 8.72. The lowest BCUT2D eigenvalue weighted by Gasteiger charge is -2.33. The van der Waals surface area contributed by atoms with Crippen LogP contribution in [0.15, 0.2) is 0 Å². The smallest absolute Gasteiger partial charge is 0.137 e. The van der Waals surface area contributed by atoms with Crippen molar-refractivity contribution in [1.82, 2.24) is 0 Å². The van der Waals surface area contributed by atoms with Crippen molar-refractivity contribution in [2.45, 2.75) is 78.9 Å². The molecule has 0 aliphatic heterocycles. The molecule has 0 N–H and O–H groups in total. The Kier molecular flexibility index (Phi) is 11.1. The van der Waals surface area contributed by atoms with Gasteiger partial charge in [-0.1, -0.05) is 39.5 Å². The van der Waals surface area contributed by atoms with Crippen LogP contribution >= 0.6 is 14.1 Å². The van der Waals surface area contributed by atoms with Gasteiger partial charge < -0.3 is 23.4 Å². The highest BCUT2D eigenvalue weighted by molar-refractivity contribution is 8.09. The molecule has 0 saturated heterocycles. The predicted molar refractivity (Wildman–Crippen MR) is 84.6 cm³/mol. The second-order valence-corrected chi connectivity index (χ2v) is 11.7. The van der Waals surface area contributed by atoms with E-state index in [0.29, 0.717) is 0 Å². The first-order valence-electron chi connectivity index (χ1n) is 6.70. The van der Waals surface area contributed by atoms with Gasteiger partial charge in [0, 0.05) is 5.66 Å². The minimum Gasteiger partial charge on any atom is -0.800 e. The van der Waals surface area contributed by atoms with Crippen LogP contribution in [0.4, 0.5) is 0 Å². The van der Waals surface area contributed by atoms with Gasteiger partial charge in [-0.15, -0.1) is 0 Å². The van der Waals surface area contributed by atoms with Gasteiger partial charge >= 0.3 is 0 Å². The normalized spacial score (nSPS) is 17.9. The van der Waals surface area contributed by atoms with Gasteiger partial charge in [-0.3, -0.25) is 0 Å². The second kappa shape index (κ2) is 9.68. The number of hydrogen-bond donors (Lipinski definition) is 0. The summed E-state index contributed by atoms with van der Waals surface area (Å²) in [5, 5.41) is 0. The maximum absolute atomic E-state index is 11.3. The van der Waals surface area contributed by atoms with Crippen molar-refractivity contribution in [3.8, 4) is 0 Å². The quantitative estimate of drug-likeness (QED) is 0.688. The molecule has 0 aliphatic rings. The van der Waals surface area contributed by atoms with Crippen molar-refractivity contribution in [2.75, 3.05) is 0 Å². The maximum atomic E-state index is 11.3. The zero-order valence-electron chi connectivity index (χ0n) is 13.7. The highest BCUT2D eigenvalue weighted by Crippen LogP contribution is 2.44. The van der Waals surface area contributed by atoms with Gasteiger partial charge in [0.2, 0.25) is 0 Å². The minimum absolute atomic E-state index is 0.0364. The van der Waals surface area contributed by atoms with E-state index in [0.717, 1.165) is 0 Å². The van der Waals surface area contributed by atoms with Crippen molar-refractivity contribution in [3.63, 3.8) is 0 Å². The van der Waals surface area contributed by atoms with Gasteiger partial charge in [0.1, 0.15) is 7.60 Å². The molecule has 0 aromatic heterocycles. The van der Waals surface area contributed by atoms with Crippen LogP contribution in [0.3, 0.4) is 0 Å². The summed E-state index contributed by atoms with van der Waals surface area (Å²) in [6.07, 6.45) is -0.281. The molecule has 0 amide bonds. The third-order valence-electron chi connectivity index (χ3n) is 1.98. The molecule has 20 heavy (non-hydrogen) atoms. The summed E-state index contributed by atoms with van der Waals surface area (Å²) in [6, 6.07) is 0. The predicted octanol–water partition coefficient (Wildman–Crippen LogP) is 2.86. The Balaban J connectivity index is 0. The first-order valence-corrected chi connectivity index (χ1v) is 11.0. The molecule has 0 radical (unpaired) electrons. The zero-order valence-corrected chi connectivity index (χ0v) is 16.3. The molecular formula is C12H28O5P2S-2. The monoisotopic (exact) mass is 346 g/mol. The van der Waals surface area contributed by atoms with Crippen LogP contribution in [0, 0.1) is 0 Å². The van der Waals surface area contributed by atoms with Crippen LogP contribution in [0.2, 0.25) is 0 Å². The first kappa shape index (κ1) is 23.0. The van der Waals surface area contributed by atoms with Crippen molar-refractivity contribution in [1.29, 1.82) is 0 Å². The van der Waals surface area contributed by atoms with Gasteiger partial charge in [0.25, 0.3) is 0 Å². The molecule has 5 nitrogen and oxygen atoms in total. The molecular weight excluding hydrogens is 318 g/mol. The maximum Gasteiger partial charge on any atom is 0.137 e. The summed E-state index contributed by atoms with van der Waals surface area (Å²) in [4.78, 5) is 22.3. The Morgan fingerprint density at radius 1 is 0.800 bits per heavy atom.